The standard InChI is InChI=1S/C14H21NO2/c1-10-8-12(15)6-7-14(10,16)11-4-3-5-13(9-11)17-2/h3-5,9-10,12,16H,6-8,15H2,1-2H3. The van der Waals surface area contributed by atoms with E-state index in [2.05, 4.69) is 6.92 Å². The molecule has 0 bridgehead atoms. The van der Waals surface area contributed by atoms with Crippen LogP contribution in [0.2, 0.25) is 0 Å². The summed E-state index contributed by atoms with van der Waals surface area (Å²) < 4.78 is 5.21. The van der Waals surface area contributed by atoms with Gasteiger partial charge in [0.2, 0.25) is 0 Å². The molecule has 0 heterocycles. The SMILES string of the molecule is COc1cccc(C2(O)CCC(N)CC2C)c1. The molecular weight excluding hydrogens is 214 g/mol. The van der Waals surface area contributed by atoms with E-state index in [1.54, 1.807) is 7.11 Å². The summed E-state index contributed by atoms with van der Waals surface area (Å²) in [5.41, 5.74) is 6.13. The van der Waals surface area contributed by atoms with E-state index in [0.29, 0.717) is 0 Å². The Morgan fingerprint density at radius 3 is 2.88 bits per heavy atom. The maximum atomic E-state index is 10.8. The Hall–Kier alpha value is -1.06. The molecule has 1 saturated carbocycles. The van der Waals surface area contributed by atoms with Crippen LogP contribution in [0.5, 0.6) is 5.75 Å². The van der Waals surface area contributed by atoms with Crippen LogP contribution in [0.15, 0.2) is 24.3 Å². The van der Waals surface area contributed by atoms with Crippen molar-refractivity contribution >= 4 is 0 Å². The molecule has 0 aliphatic heterocycles. The molecule has 0 aromatic heterocycles. The molecule has 0 radical (unpaired) electrons. The first-order valence-electron chi connectivity index (χ1n) is 6.19. The van der Waals surface area contributed by atoms with Crippen LogP contribution in [0.4, 0.5) is 0 Å². The molecule has 1 aromatic rings. The number of benzene rings is 1. The van der Waals surface area contributed by atoms with Gasteiger partial charge in [-0.3, -0.25) is 0 Å². The highest BCUT2D eigenvalue weighted by Gasteiger charge is 2.40. The van der Waals surface area contributed by atoms with Crippen LogP contribution in [-0.2, 0) is 5.60 Å². The predicted molar refractivity (Wildman–Crippen MR) is 67.9 cm³/mol. The van der Waals surface area contributed by atoms with Gasteiger partial charge in [0, 0.05) is 6.04 Å². The van der Waals surface area contributed by atoms with Crippen molar-refractivity contribution in [2.24, 2.45) is 11.7 Å². The summed E-state index contributed by atoms with van der Waals surface area (Å²) in [5.74, 6) is 0.969. The average Bonchev–Trinajstić information content (AvgIpc) is 2.34. The fraction of sp³-hybridized carbons (Fsp3) is 0.571. The van der Waals surface area contributed by atoms with E-state index in [1.165, 1.54) is 0 Å². The number of hydrogen-bond donors (Lipinski definition) is 2. The third-order valence-electron chi connectivity index (χ3n) is 3.94. The average molecular weight is 235 g/mol. The Bertz CT molecular complexity index is 394. The van der Waals surface area contributed by atoms with Crippen LogP contribution >= 0.6 is 0 Å². The van der Waals surface area contributed by atoms with Gasteiger partial charge in [0.15, 0.2) is 0 Å². The largest absolute Gasteiger partial charge is 0.497 e. The first-order chi connectivity index (χ1) is 8.06. The van der Waals surface area contributed by atoms with Crippen molar-refractivity contribution in [1.82, 2.24) is 0 Å². The molecule has 1 aromatic carbocycles. The smallest absolute Gasteiger partial charge is 0.119 e. The third kappa shape index (κ3) is 2.31. The van der Waals surface area contributed by atoms with Crippen molar-refractivity contribution in [2.75, 3.05) is 7.11 Å². The Kier molecular flexibility index (Phi) is 3.40. The van der Waals surface area contributed by atoms with Gasteiger partial charge in [-0.25, -0.2) is 0 Å². The molecule has 17 heavy (non-hydrogen) atoms. The molecule has 0 saturated heterocycles. The second-order valence-corrected chi connectivity index (χ2v) is 5.09. The molecule has 1 aliphatic rings. The van der Waals surface area contributed by atoms with Gasteiger partial charge in [-0.1, -0.05) is 19.1 Å². The van der Waals surface area contributed by atoms with Gasteiger partial charge >= 0.3 is 0 Å². The number of methoxy groups -OCH3 is 1. The highest BCUT2D eigenvalue weighted by Crippen LogP contribution is 2.41. The van der Waals surface area contributed by atoms with E-state index in [-0.39, 0.29) is 12.0 Å². The van der Waals surface area contributed by atoms with E-state index in [4.69, 9.17) is 10.5 Å². The van der Waals surface area contributed by atoms with Crippen molar-refractivity contribution in [3.05, 3.63) is 29.8 Å². The summed E-state index contributed by atoms with van der Waals surface area (Å²) in [6.07, 6.45) is 2.47. The van der Waals surface area contributed by atoms with Crippen molar-refractivity contribution in [3.63, 3.8) is 0 Å². The lowest BCUT2D eigenvalue weighted by atomic mass is 9.71. The Morgan fingerprint density at radius 2 is 2.24 bits per heavy atom. The van der Waals surface area contributed by atoms with E-state index in [1.807, 2.05) is 24.3 Å². The zero-order chi connectivity index (χ0) is 12.5. The summed E-state index contributed by atoms with van der Waals surface area (Å²) in [5, 5.41) is 10.8. The monoisotopic (exact) mass is 235 g/mol. The lowest BCUT2D eigenvalue weighted by Gasteiger charge is -2.41. The van der Waals surface area contributed by atoms with Gasteiger partial charge in [-0.2, -0.15) is 0 Å². The van der Waals surface area contributed by atoms with Crippen LogP contribution in [0, 0.1) is 5.92 Å². The van der Waals surface area contributed by atoms with Crippen molar-refractivity contribution in [3.8, 4) is 5.75 Å². The summed E-state index contributed by atoms with van der Waals surface area (Å²) >= 11 is 0. The molecule has 2 rings (SSSR count). The maximum absolute atomic E-state index is 10.8. The van der Waals surface area contributed by atoms with Gasteiger partial charge < -0.3 is 15.6 Å². The van der Waals surface area contributed by atoms with Gasteiger partial charge in [-0.15, -0.1) is 0 Å². The summed E-state index contributed by atoms with van der Waals surface area (Å²) in [7, 11) is 1.64. The Labute approximate surface area is 103 Å². The molecule has 3 nitrogen and oxygen atoms in total. The molecule has 94 valence electrons. The number of hydrogen-bond acceptors (Lipinski definition) is 3. The zero-order valence-electron chi connectivity index (χ0n) is 10.5. The van der Waals surface area contributed by atoms with Crippen molar-refractivity contribution in [2.45, 2.75) is 37.8 Å². The Balaban J connectivity index is 2.30. The number of aliphatic hydroxyl groups is 1. The molecule has 3 heteroatoms. The Morgan fingerprint density at radius 1 is 1.47 bits per heavy atom. The number of nitrogens with two attached hydrogens (primary N) is 1. The molecule has 3 atom stereocenters. The van der Waals surface area contributed by atoms with E-state index in [9.17, 15) is 5.11 Å². The normalized spacial score (nSPS) is 33.4. The van der Waals surface area contributed by atoms with E-state index in [0.717, 1.165) is 30.6 Å². The highest BCUT2D eigenvalue weighted by molar-refractivity contribution is 5.33. The van der Waals surface area contributed by atoms with Crippen LogP contribution in [0.3, 0.4) is 0 Å². The summed E-state index contributed by atoms with van der Waals surface area (Å²) in [6, 6.07) is 7.93. The first-order valence-corrected chi connectivity index (χ1v) is 6.19. The predicted octanol–water partition coefficient (Wildman–Crippen LogP) is 2.03. The lowest BCUT2D eigenvalue weighted by Crippen LogP contribution is -2.43. The minimum atomic E-state index is -0.760. The minimum absolute atomic E-state index is 0.179. The maximum Gasteiger partial charge on any atom is 0.119 e. The van der Waals surface area contributed by atoms with Crippen molar-refractivity contribution in [1.29, 1.82) is 0 Å². The van der Waals surface area contributed by atoms with Gasteiger partial charge in [0.25, 0.3) is 0 Å². The van der Waals surface area contributed by atoms with E-state index >= 15 is 0 Å². The van der Waals surface area contributed by atoms with Gasteiger partial charge in [0.1, 0.15) is 5.75 Å². The second-order valence-electron chi connectivity index (χ2n) is 5.09. The number of ether oxygens (including phenoxy) is 1. The minimum Gasteiger partial charge on any atom is -0.497 e. The summed E-state index contributed by atoms with van der Waals surface area (Å²) in [4.78, 5) is 0. The molecule has 1 aliphatic carbocycles. The number of rotatable bonds is 2. The molecule has 3 N–H and O–H groups in total. The first kappa shape index (κ1) is 12.4. The lowest BCUT2D eigenvalue weighted by molar-refractivity contribution is -0.0515. The molecule has 0 spiro atoms. The zero-order valence-corrected chi connectivity index (χ0v) is 10.5. The molecule has 3 unspecified atom stereocenters. The summed E-state index contributed by atoms with van der Waals surface area (Å²) in [6.45, 7) is 2.07. The van der Waals surface area contributed by atoms with Crippen molar-refractivity contribution < 1.29 is 9.84 Å². The van der Waals surface area contributed by atoms with Crippen LogP contribution < -0.4 is 10.5 Å². The molecule has 0 amide bonds. The van der Waals surface area contributed by atoms with Gasteiger partial charge in [0.05, 0.1) is 12.7 Å². The fourth-order valence-electron chi connectivity index (χ4n) is 2.74. The second kappa shape index (κ2) is 4.67. The fourth-order valence-corrected chi connectivity index (χ4v) is 2.74. The van der Waals surface area contributed by atoms with Crippen LogP contribution in [-0.4, -0.2) is 18.3 Å². The topological polar surface area (TPSA) is 55.5 Å². The van der Waals surface area contributed by atoms with Crippen LogP contribution in [0.25, 0.3) is 0 Å². The van der Waals surface area contributed by atoms with E-state index < -0.39 is 5.60 Å². The van der Waals surface area contributed by atoms with Gasteiger partial charge in [-0.05, 0) is 42.9 Å². The molecular formula is C14H21NO2. The quantitative estimate of drug-likeness (QED) is 0.824. The highest BCUT2D eigenvalue weighted by atomic mass is 16.5. The third-order valence-corrected chi connectivity index (χ3v) is 3.94. The van der Waals surface area contributed by atoms with Crippen LogP contribution in [0.1, 0.15) is 31.7 Å². The molecule has 1 fully saturated rings.